The summed E-state index contributed by atoms with van der Waals surface area (Å²) in [6.45, 7) is 8.14. The van der Waals surface area contributed by atoms with E-state index in [1.165, 1.54) is 6.07 Å². The maximum Gasteiger partial charge on any atom is 0.249 e. The van der Waals surface area contributed by atoms with Crippen LogP contribution in [0.5, 0.6) is 11.6 Å². The maximum atomic E-state index is 11.4. The molecule has 1 aromatic carbocycles. The van der Waals surface area contributed by atoms with Crippen LogP contribution in [0, 0.1) is 0 Å². The lowest BCUT2D eigenvalue weighted by molar-refractivity contribution is 0.236. The Balaban J connectivity index is 1.18. The molecule has 4 rings (SSSR count). The third-order valence-electron chi connectivity index (χ3n) is 5.63. The number of aromatic amines is 1. The summed E-state index contributed by atoms with van der Waals surface area (Å²) < 4.78 is 11.4. The molecule has 8 heteroatoms. The first-order valence-corrected chi connectivity index (χ1v) is 11.5. The van der Waals surface area contributed by atoms with Gasteiger partial charge in [0.2, 0.25) is 11.4 Å². The van der Waals surface area contributed by atoms with Crippen LogP contribution in [0.15, 0.2) is 47.3 Å². The van der Waals surface area contributed by atoms with E-state index in [0.717, 1.165) is 62.4 Å². The molecular formula is C24H29ClN4O3. The number of nitrogens with zero attached hydrogens (tertiary/aromatic N) is 3. The van der Waals surface area contributed by atoms with Crippen LogP contribution in [0.2, 0.25) is 5.02 Å². The van der Waals surface area contributed by atoms with Crippen molar-refractivity contribution >= 4 is 28.3 Å². The standard InChI is InChI=1S/C24H29ClN4O3/c1-2-31-20-7-5-6-19(23(20)25)29-15-13-28(14-16-29)12-3-4-17-32-22-11-9-18-8-10-21(30)26-24(18)27-22/h5-11H,2-4,12-17H2,1H3,(H,26,27,30). The predicted octanol–water partition coefficient (Wildman–Crippen LogP) is 3.96. The number of halogens is 1. The third kappa shape index (κ3) is 5.53. The Kier molecular flexibility index (Phi) is 7.50. The molecule has 3 aromatic rings. The number of aromatic nitrogens is 2. The number of anilines is 1. The monoisotopic (exact) mass is 456 g/mol. The number of ether oxygens (including phenoxy) is 2. The summed E-state index contributed by atoms with van der Waals surface area (Å²) in [6, 6.07) is 13.0. The van der Waals surface area contributed by atoms with Gasteiger partial charge >= 0.3 is 0 Å². The summed E-state index contributed by atoms with van der Waals surface area (Å²) in [5, 5.41) is 1.59. The zero-order chi connectivity index (χ0) is 22.3. The second-order valence-corrected chi connectivity index (χ2v) is 8.19. The second-order valence-electron chi connectivity index (χ2n) is 7.82. The van der Waals surface area contributed by atoms with E-state index in [1.54, 1.807) is 6.07 Å². The molecule has 32 heavy (non-hydrogen) atoms. The first-order valence-electron chi connectivity index (χ1n) is 11.2. The first-order chi connectivity index (χ1) is 15.6. The number of unbranched alkanes of at least 4 members (excludes halogenated alkanes) is 1. The van der Waals surface area contributed by atoms with Crippen molar-refractivity contribution in [2.75, 3.05) is 50.8 Å². The van der Waals surface area contributed by atoms with E-state index in [9.17, 15) is 4.79 Å². The minimum absolute atomic E-state index is 0.161. The van der Waals surface area contributed by atoms with Gasteiger partial charge in [-0.2, -0.15) is 4.98 Å². The molecule has 3 heterocycles. The Morgan fingerprint density at radius 2 is 1.84 bits per heavy atom. The lowest BCUT2D eigenvalue weighted by Crippen LogP contribution is -2.46. The first kappa shape index (κ1) is 22.4. The Labute approximate surface area is 192 Å². The van der Waals surface area contributed by atoms with Crippen molar-refractivity contribution in [3.63, 3.8) is 0 Å². The van der Waals surface area contributed by atoms with Gasteiger partial charge in [0.1, 0.15) is 16.4 Å². The fraction of sp³-hybridized carbons (Fsp3) is 0.417. The molecule has 7 nitrogen and oxygen atoms in total. The van der Waals surface area contributed by atoms with E-state index in [-0.39, 0.29) is 5.56 Å². The van der Waals surface area contributed by atoms with Crippen LogP contribution in [0.25, 0.3) is 11.0 Å². The summed E-state index contributed by atoms with van der Waals surface area (Å²) in [7, 11) is 0. The smallest absolute Gasteiger partial charge is 0.249 e. The minimum Gasteiger partial charge on any atom is -0.492 e. The highest BCUT2D eigenvalue weighted by Gasteiger charge is 2.20. The van der Waals surface area contributed by atoms with Crippen LogP contribution in [0.4, 0.5) is 5.69 Å². The molecule has 0 bridgehead atoms. The van der Waals surface area contributed by atoms with Crippen molar-refractivity contribution in [2.45, 2.75) is 19.8 Å². The van der Waals surface area contributed by atoms with Gasteiger partial charge in [-0.1, -0.05) is 17.7 Å². The number of benzene rings is 1. The Morgan fingerprint density at radius 3 is 2.66 bits per heavy atom. The summed E-state index contributed by atoms with van der Waals surface area (Å²) in [6.07, 6.45) is 2.01. The molecule has 0 saturated carbocycles. The fourth-order valence-corrected chi connectivity index (χ4v) is 4.23. The summed E-state index contributed by atoms with van der Waals surface area (Å²) >= 11 is 6.55. The van der Waals surface area contributed by atoms with Crippen LogP contribution in [-0.4, -0.2) is 60.8 Å². The molecule has 0 atom stereocenters. The van der Waals surface area contributed by atoms with E-state index >= 15 is 0 Å². The van der Waals surface area contributed by atoms with E-state index in [2.05, 4.69) is 25.8 Å². The predicted molar refractivity (Wildman–Crippen MR) is 128 cm³/mol. The average Bonchev–Trinajstić information content (AvgIpc) is 2.80. The van der Waals surface area contributed by atoms with Gasteiger partial charge in [0.15, 0.2) is 0 Å². The number of H-pyrrole nitrogens is 1. The van der Waals surface area contributed by atoms with Gasteiger partial charge in [0.05, 0.1) is 18.9 Å². The molecule has 1 aliphatic heterocycles. The number of hydrogen-bond acceptors (Lipinski definition) is 6. The van der Waals surface area contributed by atoms with Gasteiger partial charge < -0.3 is 19.4 Å². The summed E-state index contributed by atoms with van der Waals surface area (Å²) in [5.74, 6) is 1.29. The van der Waals surface area contributed by atoms with Crippen molar-refractivity contribution in [1.29, 1.82) is 0 Å². The topological polar surface area (TPSA) is 70.7 Å². The van der Waals surface area contributed by atoms with Gasteiger partial charge in [-0.25, -0.2) is 0 Å². The number of nitrogens with one attached hydrogen (secondary N) is 1. The van der Waals surface area contributed by atoms with Crippen molar-refractivity contribution < 1.29 is 9.47 Å². The van der Waals surface area contributed by atoms with Gasteiger partial charge in [-0.05, 0) is 50.6 Å². The fourth-order valence-electron chi connectivity index (χ4n) is 3.93. The molecule has 0 spiro atoms. The molecule has 1 aliphatic rings. The highest BCUT2D eigenvalue weighted by molar-refractivity contribution is 6.34. The quantitative estimate of drug-likeness (QED) is 0.491. The zero-order valence-corrected chi connectivity index (χ0v) is 19.1. The van der Waals surface area contributed by atoms with Crippen LogP contribution in [0.1, 0.15) is 19.8 Å². The highest BCUT2D eigenvalue weighted by Crippen LogP contribution is 2.35. The SMILES string of the molecule is CCOc1cccc(N2CCN(CCCCOc3ccc4ccc(=O)[nH]c4n3)CC2)c1Cl. The van der Waals surface area contributed by atoms with Gasteiger partial charge in [-0.3, -0.25) is 9.69 Å². The lowest BCUT2D eigenvalue weighted by atomic mass is 10.2. The molecule has 0 amide bonds. The maximum absolute atomic E-state index is 11.4. The number of fused-ring (bicyclic) bond motifs is 1. The largest absolute Gasteiger partial charge is 0.492 e. The Hall–Kier alpha value is -2.77. The average molecular weight is 457 g/mol. The Morgan fingerprint density at radius 1 is 1.03 bits per heavy atom. The summed E-state index contributed by atoms with van der Waals surface area (Å²) in [5.41, 5.74) is 1.45. The second kappa shape index (κ2) is 10.7. The molecular weight excluding hydrogens is 428 g/mol. The van der Waals surface area contributed by atoms with Crippen molar-refractivity contribution in [3.05, 3.63) is 57.8 Å². The zero-order valence-electron chi connectivity index (χ0n) is 18.3. The molecule has 0 unspecified atom stereocenters. The van der Waals surface area contributed by atoms with E-state index in [0.29, 0.717) is 29.8 Å². The lowest BCUT2D eigenvalue weighted by Gasteiger charge is -2.36. The Bertz CT molecular complexity index is 1100. The number of rotatable bonds is 9. The third-order valence-corrected chi connectivity index (χ3v) is 6.01. The van der Waals surface area contributed by atoms with E-state index < -0.39 is 0 Å². The molecule has 1 saturated heterocycles. The van der Waals surface area contributed by atoms with Gasteiger partial charge in [-0.15, -0.1) is 0 Å². The van der Waals surface area contributed by atoms with Gasteiger partial charge in [0, 0.05) is 43.7 Å². The van der Waals surface area contributed by atoms with Crippen LogP contribution < -0.4 is 19.9 Å². The number of hydrogen-bond donors (Lipinski definition) is 1. The molecule has 1 fully saturated rings. The molecule has 1 N–H and O–H groups in total. The highest BCUT2D eigenvalue weighted by atomic mass is 35.5. The van der Waals surface area contributed by atoms with Crippen LogP contribution in [0.3, 0.4) is 0 Å². The molecule has 2 aromatic heterocycles. The van der Waals surface area contributed by atoms with Crippen molar-refractivity contribution in [3.8, 4) is 11.6 Å². The molecule has 0 radical (unpaired) electrons. The normalized spacial score (nSPS) is 14.6. The number of pyridine rings is 2. The van der Waals surface area contributed by atoms with Crippen molar-refractivity contribution in [2.24, 2.45) is 0 Å². The molecule has 0 aliphatic carbocycles. The van der Waals surface area contributed by atoms with E-state index in [4.69, 9.17) is 21.1 Å². The number of piperazine rings is 1. The van der Waals surface area contributed by atoms with Gasteiger partial charge in [0.25, 0.3) is 0 Å². The summed E-state index contributed by atoms with van der Waals surface area (Å²) in [4.78, 5) is 23.4. The minimum atomic E-state index is -0.161. The van der Waals surface area contributed by atoms with Crippen LogP contribution >= 0.6 is 11.6 Å². The van der Waals surface area contributed by atoms with E-state index in [1.807, 2.05) is 31.2 Å². The van der Waals surface area contributed by atoms with Crippen LogP contribution in [-0.2, 0) is 0 Å². The molecule has 170 valence electrons. The van der Waals surface area contributed by atoms with Crippen molar-refractivity contribution in [1.82, 2.24) is 14.9 Å².